The maximum absolute atomic E-state index is 12.1. The van der Waals surface area contributed by atoms with E-state index < -0.39 is 0 Å². The molecule has 0 aromatic heterocycles. The molecule has 3 unspecified atom stereocenters. The standard InChI is InChI=1S/C15H28N2O3/c1-11-7-17(8-12(2)20-11)15(3,4)10-16-14(18)13-5-6-19-9-13/h11-13H,5-10H2,1-4H3,(H,16,18). The van der Waals surface area contributed by atoms with Crippen LogP contribution in [0.2, 0.25) is 0 Å². The molecule has 0 bridgehead atoms. The van der Waals surface area contributed by atoms with Crippen molar-refractivity contribution in [3.05, 3.63) is 0 Å². The van der Waals surface area contributed by atoms with Crippen molar-refractivity contribution in [2.75, 3.05) is 32.8 Å². The van der Waals surface area contributed by atoms with Crippen LogP contribution < -0.4 is 5.32 Å². The van der Waals surface area contributed by atoms with E-state index in [2.05, 4.69) is 37.9 Å². The van der Waals surface area contributed by atoms with Gasteiger partial charge in [-0.05, 0) is 34.1 Å². The third-order valence-electron chi connectivity index (χ3n) is 4.27. The number of amides is 1. The summed E-state index contributed by atoms with van der Waals surface area (Å²) in [6.07, 6.45) is 1.34. The van der Waals surface area contributed by atoms with Crippen molar-refractivity contribution in [2.24, 2.45) is 5.92 Å². The van der Waals surface area contributed by atoms with Crippen molar-refractivity contribution in [3.63, 3.8) is 0 Å². The van der Waals surface area contributed by atoms with Crippen molar-refractivity contribution < 1.29 is 14.3 Å². The van der Waals surface area contributed by atoms with E-state index in [0.717, 1.165) is 19.5 Å². The van der Waals surface area contributed by atoms with Crippen molar-refractivity contribution >= 4 is 5.91 Å². The molecule has 0 aromatic rings. The molecule has 2 aliphatic rings. The van der Waals surface area contributed by atoms with Gasteiger partial charge in [-0.15, -0.1) is 0 Å². The number of hydrogen-bond donors (Lipinski definition) is 1. The minimum atomic E-state index is -0.0541. The average Bonchev–Trinajstić information content (AvgIpc) is 2.88. The highest BCUT2D eigenvalue weighted by Crippen LogP contribution is 2.21. The molecule has 0 radical (unpaired) electrons. The normalized spacial score (nSPS) is 32.3. The third kappa shape index (κ3) is 3.93. The second kappa shape index (κ2) is 6.41. The van der Waals surface area contributed by atoms with Crippen LogP contribution in [0.5, 0.6) is 0 Å². The quantitative estimate of drug-likeness (QED) is 0.837. The van der Waals surface area contributed by atoms with Gasteiger partial charge in [0.15, 0.2) is 0 Å². The Bertz CT molecular complexity index is 330. The highest BCUT2D eigenvalue weighted by Gasteiger charge is 2.34. The molecule has 0 aliphatic carbocycles. The van der Waals surface area contributed by atoms with Gasteiger partial charge in [-0.1, -0.05) is 0 Å². The van der Waals surface area contributed by atoms with Crippen LogP contribution >= 0.6 is 0 Å². The summed E-state index contributed by atoms with van der Waals surface area (Å²) >= 11 is 0. The molecule has 3 atom stereocenters. The van der Waals surface area contributed by atoms with Crippen LogP contribution in [0.15, 0.2) is 0 Å². The largest absolute Gasteiger partial charge is 0.381 e. The van der Waals surface area contributed by atoms with E-state index in [1.54, 1.807) is 0 Å². The minimum absolute atomic E-state index is 0.0355. The molecule has 5 nitrogen and oxygen atoms in total. The lowest BCUT2D eigenvalue weighted by atomic mass is 9.99. The number of ether oxygens (including phenoxy) is 2. The Labute approximate surface area is 122 Å². The Morgan fingerprint density at radius 1 is 1.30 bits per heavy atom. The van der Waals surface area contributed by atoms with Gasteiger partial charge in [0.25, 0.3) is 0 Å². The third-order valence-corrected chi connectivity index (χ3v) is 4.27. The Morgan fingerprint density at radius 2 is 1.95 bits per heavy atom. The molecule has 1 amide bonds. The highest BCUT2D eigenvalue weighted by molar-refractivity contribution is 5.79. The van der Waals surface area contributed by atoms with Gasteiger partial charge in [0.05, 0.1) is 24.7 Å². The summed E-state index contributed by atoms with van der Waals surface area (Å²) < 4.78 is 11.0. The van der Waals surface area contributed by atoms with Crippen molar-refractivity contribution in [1.82, 2.24) is 10.2 Å². The number of nitrogens with zero attached hydrogens (tertiary/aromatic N) is 1. The van der Waals surface area contributed by atoms with Crippen LogP contribution in [-0.4, -0.2) is 61.4 Å². The fourth-order valence-electron chi connectivity index (χ4n) is 2.97. The van der Waals surface area contributed by atoms with Gasteiger partial charge in [0.1, 0.15) is 0 Å². The first-order chi connectivity index (χ1) is 9.38. The average molecular weight is 284 g/mol. The molecule has 2 fully saturated rings. The Balaban J connectivity index is 1.84. The monoisotopic (exact) mass is 284 g/mol. The van der Waals surface area contributed by atoms with E-state index in [1.807, 2.05) is 0 Å². The molecule has 0 saturated carbocycles. The summed E-state index contributed by atoms with van der Waals surface area (Å²) in [4.78, 5) is 14.5. The summed E-state index contributed by atoms with van der Waals surface area (Å²) in [5.74, 6) is 0.165. The number of nitrogens with one attached hydrogen (secondary N) is 1. The van der Waals surface area contributed by atoms with Gasteiger partial charge in [-0.2, -0.15) is 0 Å². The van der Waals surface area contributed by atoms with Gasteiger partial charge in [0.2, 0.25) is 5.91 Å². The highest BCUT2D eigenvalue weighted by atomic mass is 16.5. The zero-order valence-electron chi connectivity index (χ0n) is 13.1. The van der Waals surface area contributed by atoms with E-state index in [4.69, 9.17) is 9.47 Å². The molecule has 2 heterocycles. The second-order valence-corrected chi connectivity index (χ2v) is 6.75. The van der Waals surface area contributed by atoms with E-state index in [-0.39, 0.29) is 29.6 Å². The zero-order chi connectivity index (χ0) is 14.8. The Morgan fingerprint density at radius 3 is 2.50 bits per heavy atom. The first-order valence-corrected chi connectivity index (χ1v) is 7.64. The maximum atomic E-state index is 12.1. The van der Waals surface area contributed by atoms with Crippen molar-refractivity contribution in [2.45, 2.75) is 51.9 Å². The van der Waals surface area contributed by atoms with Gasteiger partial charge in [-0.25, -0.2) is 0 Å². The lowest BCUT2D eigenvalue weighted by Gasteiger charge is -2.45. The lowest BCUT2D eigenvalue weighted by Crippen LogP contribution is -2.59. The summed E-state index contributed by atoms with van der Waals surface area (Å²) in [5, 5.41) is 3.09. The number of morpholine rings is 1. The number of carbonyl (C=O) groups excluding carboxylic acids is 1. The Kier molecular flexibility index (Phi) is 5.04. The second-order valence-electron chi connectivity index (χ2n) is 6.75. The fourth-order valence-corrected chi connectivity index (χ4v) is 2.97. The van der Waals surface area contributed by atoms with Crippen LogP contribution in [0.4, 0.5) is 0 Å². The molecule has 0 spiro atoms. The number of hydrogen-bond acceptors (Lipinski definition) is 4. The predicted octanol–water partition coefficient (Wildman–Crippen LogP) is 1.03. The molecule has 2 aliphatic heterocycles. The fraction of sp³-hybridized carbons (Fsp3) is 0.933. The molecule has 116 valence electrons. The lowest BCUT2D eigenvalue weighted by molar-refractivity contribution is -0.126. The summed E-state index contributed by atoms with van der Waals surface area (Å²) in [6, 6.07) is 0. The van der Waals surface area contributed by atoms with E-state index in [9.17, 15) is 4.79 Å². The summed E-state index contributed by atoms with van der Waals surface area (Å²) in [5.41, 5.74) is -0.0541. The minimum Gasteiger partial charge on any atom is -0.381 e. The molecular weight excluding hydrogens is 256 g/mol. The molecule has 2 rings (SSSR count). The van der Waals surface area contributed by atoms with Crippen molar-refractivity contribution in [3.8, 4) is 0 Å². The molecule has 1 N–H and O–H groups in total. The molecular formula is C15H28N2O3. The van der Waals surface area contributed by atoms with E-state index in [1.165, 1.54) is 0 Å². The van der Waals surface area contributed by atoms with E-state index in [0.29, 0.717) is 19.8 Å². The molecule has 20 heavy (non-hydrogen) atoms. The smallest absolute Gasteiger partial charge is 0.225 e. The topological polar surface area (TPSA) is 50.8 Å². The van der Waals surface area contributed by atoms with Gasteiger partial charge in [0, 0.05) is 31.8 Å². The van der Waals surface area contributed by atoms with Gasteiger partial charge < -0.3 is 14.8 Å². The van der Waals surface area contributed by atoms with Crippen molar-refractivity contribution in [1.29, 1.82) is 0 Å². The zero-order valence-corrected chi connectivity index (χ0v) is 13.1. The predicted molar refractivity (Wildman–Crippen MR) is 77.6 cm³/mol. The molecule has 2 saturated heterocycles. The SMILES string of the molecule is CC1CN(C(C)(C)CNC(=O)C2CCOC2)CC(C)O1. The van der Waals surface area contributed by atoms with Crippen LogP contribution in [0.25, 0.3) is 0 Å². The number of rotatable bonds is 4. The number of carbonyl (C=O) groups is 1. The van der Waals surface area contributed by atoms with Crippen LogP contribution in [0.1, 0.15) is 34.1 Å². The van der Waals surface area contributed by atoms with Crippen LogP contribution in [0.3, 0.4) is 0 Å². The molecule has 0 aromatic carbocycles. The summed E-state index contributed by atoms with van der Waals surface area (Å²) in [6.45, 7) is 12.4. The maximum Gasteiger partial charge on any atom is 0.225 e. The van der Waals surface area contributed by atoms with Crippen LogP contribution in [-0.2, 0) is 14.3 Å². The Hall–Kier alpha value is -0.650. The van der Waals surface area contributed by atoms with E-state index >= 15 is 0 Å². The first-order valence-electron chi connectivity index (χ1n) is 7.64. The van der Waals surface area contributed by atoms with Gasteiger partial charge in [-0.3, -0.25) is 9.69 Å². The van der Waals surface area contributed by atoms with Crippen LogP contribution in [0, 0.1) is 5.92 Å². The molecule has 5 heteroatoms. The van der Waals surface area contributed by atoms with Gasteiger partial charge >= 0.3 is 0 Å². The summed E-state index contributed by atoms with van der Waals surface area (Å²) in [7, 11) is 0. The first kappa shape index (κ1) is 15.7.